The molecule has 3 heterocycles. The van der Waals surface area contributed by atoms with E-state index in [1.54, 1.807) is 12.1 Å². The molecule has 31 heavy (non-hydrogen) atoms. The number of benzene rings is 2. The summed E-state index contributed by atoms with van der Waals surface area (Å²) >= 11 is 0. The topological polar surface area (TPSA) is 70.8 Å². The molecule has 5 rings (SSSR count). The number of H-pyrrole nitrogens is 1. The third kappa shape index (κ3) is 4.42. The quantitative estimate of drug-likeness (QED) is 0.671. The maximum atomic E-state index is 13.2. The molecule has 0 aliphatic carbocycles. The SMILES string of the molecule is CC1(Cc2ccc(F)cc2)CCN(CC2CC(c3ccc4[nH]c(=O)oc4c3)=NO2)CC1. The Kier molecular flexibility index (Phi) is 5.14. The highest BCUT2D eigenvalue weighted by Gasteiger charge is 2.32. The molecule has 2 aliphatic heterocycles. The number of oxazole rings is 1. The first-order chi connectivity index (χ1) is 15.0. The Morgan fingerprint density at radius 1 is 1.19 bits per heavy atom. The van der Waals surface area contributed by atoms with Gasteiger partial charge in [0.15, 0.2) is 5.58 Å². The van der Waals surface area contributed by atoms with Gasteiger partial charge in [-0.15, -0.1) is 0 Å². The second kappa shape index (κ2) is 7.96. The molecule has 1 fully saturated rings. The molecular weight excluding hydrogens is 397 g/mol. The number of halogens is 1. The summed E-state index contributed by atoms with van der Waals surface area (Å²) in [7, 11) is 0. The van der Waals surface area contributed by atoms with E-state index in [-0.39, 0.29) is 17.3 Å². The molecule has 7 heteroatoms. The average molecular weight is 423 g/mol. The Bertz CT molecular complexity index is 1160. The molecule has 162 valence electrons. The van der Waals surface area contributed by atoms with E-state index in [1.807, 2.05) is 30.3 Å². The fraction of sp³-hybridized carbons (Fsp3) is 0.417. The molecule has 2 aromatic carbocycles. The third-order valence-electron chi connectivity index (χ3n) is 6.56. The van der Waals surface area contributed by atoms with Gasteiger partial charge >= 0.3 is 5.76 Å². The number of aromatic nitrogens is 1. The van der Waals surface area contributed by atoms with E-state index >= 15 is 0 Å². The van der Waals surface area contributed by atoms with Gasteiger partial charge in [-0.2, -0.15) is 0 Å². The van der Waals surface area contributed by atoms with Crippen molar-refractivity contribution in [3.63, 3.8) is 0 Å². The van der Waals surface area contributed by atoms with Gasteiger partial charge in [-0.25, -0.2) is 9.18 Å². The zero-order chi connectivity index (χ0) is 21.4. The summed E-state index contributed by atoms with van der Waals surface area (Å²) in [6, 6.07) is 12.5. The van der Waals surface area contributed by atoms with Gasteiger partial charge in [-0.05, 0) is 67.6 Å². The number of oxime groups is 1. The second-order valence-corrected chi connectivity index (χ2v) is 9.11. The fourth-order valence-corrected chi connectivity index (χ4v) is 4.66. The number of hydrogen-bond donors (Lipinski definition) is 1. The van der Waals surface area contributed by atoms with E-state index in [1.165, 1.54) is 5.56 Å². The van der Waals surface area contributed by atoms with Crippen LogP contribution in [-0.4, -0.2) is 41.3 Å². The van der Waals surface area contributed by atoms with Crippen molar-refractivity contribution >= 4 is 16.8 Å². The van der Waals surface area contributed by atoms with Crippen LogP contribution in [0.15, 0.2) is 56.8 Å². The predicted octanol–water partition coefficient (Wildman–Crippen LogP) is 4.10. The molecule has 0 bridgehead atoms. The van der Waals surface area contributed by atoms with Crippen molar-refractivity contribution in [2.75, 3.05) is 19.6 Å². The Labute approximate surface area is 179 Å². The number of nitrogens with zero attached hydrogens (tertiary/aromatic N) is 2. The number of hydrogen-bond acceptors (Lipinski definition) is 5. The van der Waals surface area contributed by atoms with Crippen molar-refractivity contribution < 1.29 is 13.6 Å². The largest absolute Gasteiger partial charge is 0.417 e. The summed E-state index contributed by atoms with van der Waals surface area (Å²) in [5, 5.41) is 4.29. The summed E-state index contributed by atoms with van der Waals surface area (Å²) in [5.74, 6) is -0.634. The number of piperidine rings is 1. The molecule has 1 unspecified atom stereocenters. The Morgan fingerprint density at radius 2 is 1.97 bits per heavy atom. The van der Waals surface area contributed by atoms with Crippen molar-refractivity contribution in [1.82, 2.24) is 9.88 Å². The molecule has 0 saturated carbocycles. The van der Waals surface area contributed by atoms with Crippen molar-refractivity contribution in [1.29, 1.82) is 0 Å². The lowest BCUT2D eigenvalue weighted by Crippen LogP contribution is -2.43. The van der Waals surface area contributed by atoms with Crippen molar-refractivity contribution in [3.8, 4) is 0 Å². The first kappa shape index (κ1) is 20.0. The molecule has 1 atom stereocenters. The van der Waals surface area contributed by atoms with Crippen LogP contribution in [0.1, 0.15) is 37.3 Å². The zero-order valence-corrected chi connectivity index (χ0v) is 17.6. The fourth-order valence-electron chi connectivity index (χ4n) is 4.66. The van der Waals surface area contributed by atoms with E-state index in [9.17, 15) is 9.18 Å². The lowest BCUT2D eigenvalue weighted by molar-refractivity contribution is 0.0304. The first-order valence-corrected chi connectivity index (χ1v) is 10.8. The second-order valence-electron chi connectivity index (χ2n) is 9.11. The lowest BCUT2D eigenvalue weighted by Gasteiger charge is -2.40. The molecule has 1 N–H and O–H groups in total. The van der Waals surface area contributed by atoms with Gasteiger partial charge in [-0.1, -0.05) is 30.3 Å². The number of fused-ring (bicyclic) bond motifs is 1. The maximum Gasteiger partial charge on any atom is 0.417 e. The molecular formula is C24H26FN3O3. The van der Waals surface area contributed by atoms with Crippen molar-refractivity contribution in [3.05, 3.63) is 70.0 Å². The van der Waals surface area contributed by atoms with Crippen LogP contribution >= 0.6 is 0 Å². The summed E-state index contributed by atoms with van der Waals surface area (Å²) in [6.07, 6.45) is 3.96. The highest BCUT2D eigenvalue weighted by molar-refractivity contribution is 6.03. The smallest absolute Gasteiger partial charge is 0.408 e. The van der Waals surface area contributed by atoms with E-state index < -0.39 is 5.76 Å². The molecule has 2 aliphatic rings. The highest BCUT2D eigenvalue weighted by atomic mass is 19.1. The highest BCUT2D eigenvalue weighted by Crippen LogP contribution is 2.35. The van der Waals surface area contributed by atoms with Crippen LogP contribution < -0.4 is 5.76 Å². The van der Waals surface area contributed by atoms with Crippen LogP contribution in [0.5, 0.6) is 0 Å². The third-order valence-corrected chi connectivity index (χ3v) is 6.56. The molecule has 1 saturated heterocycles. The zero-order valence-electron chi connectivity index (χ0n) is 17.6. The van der Waals surface area contributed by atoms with Crippen LogP contribution in [0.2, 0.25) is 0 Å². The van der Waals surface area contributed by atoms with Crippen LogP contribution in [0.4, 0.5) is 4.39 Å². The Balaban J connectivity index is 1.14. The maximum absolute atomic E-state index is 13.2. The van der Waals surface area contributed by atoms with E-state index in [4.69, 9.17) is 9.25 Å². The van der Waals surface area contributed by atoms with Gasteiger partial charge in [0, 0.05) is 18.5 Å². The average Bonchev–Trinajstić information content (AvgIpc) is 3.36. The van der Waals surface area contributed by atoms with Crippen LogP contribution in [0.25, 0.3) is 11.1 Å². The van der Waals surface area contributed by atoms with Crippen molar-refractivity contribution in [2.24, 2.45) is 10.6 Å². The molecule has 1 aromatic heterocycles. The normalized spacial score (nSPS) is 21.2. The summed E-state index contributed by atoms with van der Waals surface area (Å²) < 4.78 is 18.3. The first-order valence-electron chi connectivity index (χ1n) is 10.8. The van der Waals surface area contributed by atoms with Crippen LogP contribution in [0, 0.1) is 11.2 Å². The van der Waals surface area contributed by atoms with Gasteiger partial charge in [0.2, 0.25) is 0 Å². The monoisotopic (exact) mass is 423 g/mol. The molecule has 3 aromatic rings. The van der Waals surface area contributed by atoms with Crippen LogP contribution in [0.3, 0.4) is 0 Å². The molecule has 0 radical (unpaired) electrons. The molecule has 0 amide bonds. The van der Waals surface area contributed by atoms with Gasteiger partial charge in [0.25, 0.3) is 0 Å². The number of rotatable bonds is 5. The summed E-state index contributed by atoms with van der Waals surface area (Å²) in [6.45, 7) is 5.22. The Hall–Kier alpha value is -2.93. The van der Waals surface area contributed by atoms with E-state index in [0.29, 0.717) is 11.1 Å². The lowest BCUT2D eigenvalue weighted by atomic mass is 9.75. The minimum absolute atomic E-state index is 0.0328. The Morgan fingerprint density at radius 3 is 2.74 bits per heavy atom. The van der Waals surface area contributed by atoms with Gasteiger partial charge in [0.1, 0.15) is 11.9 Å². The molecule has 6 nitrogen and oxygen atoms in total. The van der Waals surface area contributed by atoms with Gasteiger partial charge < -0.3 is 9.25 Å². The summed E-state index contributed by atoms with van der Waals surface area (Å²) in [4.78, 5) is 22.2. The van der Waals surface area contributed by atoms with Gasteiger partial charge in [-0.3, -0.25) is 9.88 Å². The molecule has 0 spiro atoms. The number of likely N-dealkylation sites (tertiary alicyclic amines) is 1. The van der Waals surface area contributed by atoms with Crippen LogP contribution in [-0.2, 0) is 11.3 Å². The van der Waals surface area contributed by atoms with E-state index in [2.05, 4.69) is 22.0 Å². The minimum Gasteiger partial charge on any atom is -0.408 e. The number of aromatic amines is 1. The standard InChI is InChI=1S/C24H26FN3O3/c1-24(14-16-2-5-18(25)6-3-16)8-10-28(11-9-24)15-19-13-21(27-31-19)17-4-7-20-22(12-17)30-23(29)26-20/h2-7,12,19H,8-11,13-15H2,1H3,(H,26,29). The predicted molar refractivity (Wildman–Crippen MR) is 117 cm³/mol. The van der Waals surface area contributed by atoms with Gasteiger partial charge in [0.05, 0.1) is 11.2 Å². The van der Waals surface area contributed by atoms with Crippen molar-refractivity contribution in [2.45, 2.75) is 38.7 Å². The minimum atomic E-state index is -0.453. The van der Waals surface area contributed by atoms with E-state index in [0.717, 1.165) is 56.6 Å². The summed E-state index contributed by atoms with van der Waals surface area (Å²) in [5.41, 5.74) is 4.46. The number of nitrogens with one attached hydrogen (secondary N) is 1.